The van der Waals surface area contributed by atoms with E-state index < -0.39 is 0 Å². The molecule has 0 aromatic carbocycles. The highest BCUT2D eigenvalue weighted by Crippen LogP contribution is 2.27. The third-order valence-electron chi connectivity index (χ3n) is 2.85. The van der Waals surface area contributed by atoms with Crippen molar-refractivity contribution in [3.8, 4) is 0 Å². The lowest BCUT2D eigenvalue weighted by atomic mass is 9.80. The zero-order valence-electron chi connectivity index (χ0n) is 8.85. The summed E-state index contributed by atoms with van der Waals surface area (Å²) >= 11 is 0. The molecule has 0 saturated carbocycles. The Hall–Kier alpha value is 0. The molecule has 0 fully saturated rings. The summed E-state index contributed by atoms with van der Waals surface area (Å²) in [7, 11) is 0. The van der Waals surface area contributed by atoms with E-state index in [4.69, 9.17) is 0 Å². The fourth-order valence-corrected chi connectivity index (χ4v) is 1.91. The van der Waals surface area contributed by atoms with Gasteiger partial charge in [0.2, 0.25) is 0 Å². The lowest BCUT2D eigenvalue weighted by Crippen LogP contribution is -2.16. The van der Waals surface area contributed by atoms with Crippen molar-refractivity contribution in [1.29, 1.82) is 0 Å². The SMILES string of the molecule is C.CCC[C@H](C(C)C)[C@H](C)CC. The lowest BCUT2D eigenvalue weighted by Gasteiger charge is -2.26. The molecule has 0 aromatic rings. The van der Waals surface area contributed by atoms with Gasteiger partial charge in [0.15, 0.2) is 0 Å². The molecule has 0 radical (unpaired) electrons. The molecular weight excluding hydrogens is 144 g/mol. The molecule has 0 aliphatic rings. The van der Waals surface area contributed by atoms with Crippen LogP contribution in [0.15, 0.2) is 0 Å². The molecule has 12 heavy (non-hydrogen) atoms. The molecule has 0 N–H and O–H groups in total. The molecule has 0 spiro atoms. The van der Waals surface area contributed by atoms with Crippen LogP contribution in [-0.2, 0) is 0 Å². The Kier molecular flexibility index (Phi) is 9.24. The molecule has 0 amide bonds. The average molecular weight is 172 g/mol. The fraction of sp³-hybridized carbons (Fsp3) is 1.00. The van der Waals surface area contributed by atoms with E-state index >= 15 is 0 Å². The van der Waals surface area contributed by atoms with Crippen LogP contribution in [0.2, 0.25) is 0 Å². The predicted octanol–water partition coefficient (Wildman–Crippen LogP) is 4.74. The summed E-state index contributed by atoms with van der Waals surface area (Å²) in [5, 5.41) is 0. The zero-order valence-corrected chi connectivity index (χ0v) is 8.85. The van der Waals surface area contributed by atoms with Crippen LogP contribution in [0, 0.1) is 17.8 Å². The summed E-state index contributed by atoms with van der Waals surface area (Å²) in [6.45, 7) is 11.7. The van der Waals surface area contributed by atoms with Crippen LogP contribution in [0.1, 0.15) is 61.3 Å². The van der Waals surface area contributed by atoms with Crippen molar-refractivity contribution >= 4 is 0 Å². The molecular formula is C12H28. The Morgan fingerprint density at radius 3 is 1.75 bits per heavy atom. The van der Waals surface area contributed by atoms with Gasteiger partial charge in [-0.3, -0.25) is 0 Å². The van der Waals surface area contributed by atoms with Gasteiger partial charge in [0.05, 0.1) is 0 Å². The summed E-state index contributed by atoms with van der Waals surface area (Å²) in [4.78, 5) is 0. The van der Waals surface area contributed by atoms with E-state index in [0.717, 1.165) is 17.8 Å². The Labute approximate surface area is 79.8 Å². The first-order chi connectivity index (χ1) is 5.13. The van der Waals surface area contributed by atoms with E-state index in [1.807, 2.05) is 0 Å². The molecule has 0 aliphatic heterocycles. The van der Waals surface area contributed by atoms with Crippen LogP contribution in [0.4, 0.5) is 0 Å². The minimum Gasteiger partial charge on any atom is -0.0776 e. The smallest absolute Gasteiger partial charge is 0.0366 e. The van der Waals surface area contributed by atoms with Crippen molar-refractivity contribution in [3.05, 3.63) is 0 Å². The predicted molar refractivity (Wildman–Crippen MR) is 59.4 cm³/mol. The van der Waals surface area contributed by atoms with E-state index in [0.29, 0.717) is 0 Å². The lowest BCUT2D eigenvalue weighted by molar-refractivity contribution is 0.245. The minimum absolute atomic E-state index is 0. The molecule has 0 nitrogen and oxygen atoms in total. The Balaban J connectivity index is 0. The van der Waals surface area contributed by atoms with Gasteiger partial charge in [-0.25, -0.2) is 0 Å². The summed E-state index contributed by atoms with van der Waals surface area (Å²) in [5.41, 5.74) is 0. The molecule has 76 valence electrons. The van der Waals surface area contributed by atoms with E-state index in [1.54, 1.807) is 0 Å². The average Bonchev–Trinajstić information content (AvgIpc) is 1.98. The molecule has 0 bridgehead atoms. The van der Waals surface area contributed by atoms with Crippen molar-refractivity contribution in [2.45, 2.75) is 61.3 Å². The van der Waals surface area contributed by atoms with Gasteiger partial charge in [-0.05, 0) is 17.8 Å². The quantitative estimate of drug-likeness (QED) is 0.562. The van der Waals surface area contributed by atoms with Crippen LogP contribution < -0.4 is 0 Å². The van der Waals surface area contributed by atoms with Crippen molar-refractivity contribution in [3.63, 3.8) is 0 Å². The molecule has 0 aliphatic carbocycles. The number of rotatable bonds is 5. The second-order valence-corrected chi connectivity index (χ2v) is 4.08. The third-order valence-corrected chi connectivity index (χ3v) is 2.85. The van der Waals surface area contributed by atoms with Crippen LogP contribution in [0.3, 0.4) is 0 Å². The maximum absolute atomic E-state index is 2.39. The third kappa shape index (κ3) is 4.79. The molecule has 0 aromatic heterocycles. The van der Waals surface area contributed by atoms with Crippen LogP contribution in [0.5, 0.6) is 0 Å². The normalized spacial score (nSPS) is 15.5. The second-order valence-electron chi connectivity index (χ2n) is 4.08. The highest BCUT2D eigenvalue weighted by molar-refractivity contribution is 4.67. The Morgan fingerprint density at radius 1 is 1.00 bits per heavy atom. The number of hydrogen-bond acceptors (Lipinski definition) is 0. The van der Waals surface area contributed by atoms with Gasteiger partial charge in [-0.2, -0.15) is 0 Å². The standard InChI is InChI=1S/C11H24.CH4/c1-6-8-11(9(3)4)10(5)7-2;/h9-11H,6-8H2,1-5H3;1H4/t10-,11-;/m1./s1. The summed E-state index contributed by atoms with van der Waals surface area (Å²) < 4.78 is 0. The first-order valence-corrected chi connectivity index (χ1v) is 5.13. The van der Waals surface area contributed by atoms with Crippen LogP contribution in [0.25, 0.3) is 0 Å². The fourth-order valence-electron chi connectivity index (χ4n) is 1.91. The largest absolute Gasteiger partial charge is 0.0776 e. The second kappa shape index (κ2) is 7.64. The van der Waals surface area contributed by atoms with Crippen molar-refractivity contribution in [1.82, 2.24) is 0 Å². The topological polar surface area (TPSA) is 0 Å². The molecule has 0 heterocycles. The van der Waals surface area contributed by atoms with Crippen LogP contribution in [-0.4, -0.2) is 0 Å². The first kappa shape index (κ1) is 14.5. The van der Waals surface area contributed by atoms with Crippen molar-refractivity contribution in [2.24, 2.45) is 17.8 Å². The molecule has 0 unspecified atom stereocenters. The molecule has 0 heteroatoms. The van der Waals surface area contributed by atoms with Gasteiger partial charge >= 0.3 is 0 Å². The first-order valence-electron chi connectivity index (χ1n) is 5.13. The van der Waals surface area contributed by atoms with E-state index in [1.165, 1.54) is 19.3 Å². The highest BCUT2D eigenvalue weighted by Gasteiger charge is 2.17. The number of hydrogen-bond donors (Lipinski definition) is 0. The Morgan fingerprint density at radius 2 is 1.50 bits per heavy atom. The van der Waals surface area contributed by atoms with Crippen molar-refractivity contribution < 1.29 is 0 Å². The summed E-state index contributed by atoms with van der Waals surface area (Å²) in [6.07, 6.45) is 4.09. The van der Waals surface area contributed by atoms with E-state index in [2.05, 4.69) is 34.6 Å². The summed E-state index contributed by atoms with van der Waals surface area (Å²) in [5.74, 6) is 2.73. The monoisotopic (exact) mass is 172 g/mol. The highest BCUT2D eigenvalue weighted by atomic mass is 14.2. The van der Waals surface area contributed by atoms with Gasteiger partial charge in [0.1, 0.15) is 0 Å². The van der Waals surface area contributed by atoms with Crippen LogP contribution >= 0.6 is 0 Å². The molecule has 0 saturated heterocycles. The maximum atomic E-state index is 2.39. The van der Waals surface area contributed by atoms with Gasteiger partial charge < -0.3 is 0 Å². The van der Waals surface area contributed by atoms with Gasteiger partial charge in [0.25, 0.3) is 0 Å². The molecule has 0 rings (SSSR count). The van der Waals surface area contributed by atoms with Gasteiger partial charge in [-0.1, -0.05) is 61.3 Å². The van der Waals surface area contributed by atoms with Crippen molar-refractivity contribution in [2.75, 3.05) is 0 Å². The van der Waals surface area contributed by atoms with E-state index in [9.17, 15) is 0 Å². The van der Waals surface area contributed by atoms with Gasteiger partial charge in [0, 0.05) is 0 Å². The minimum atomic E-state index is 0. The summed E-state index contributed by atoms with van der Waals surface area (Å²) in [6, 6.07) is 0. The zero-order chi connectivity index (χ0) is 8.85. The van der Waals surface area contributed by atoms with E-state index in [-0.39, 0.29) is 7.43 Å². The molecule has 2 atom stereocenters. The van der Waals surface area contributed by atoms with Gasteiger partial charge in [-0.15, -0.1) is 0 Å². The Bertz CT molecular complexity index is 84.0. The maximum Gasteiger partial charge on any atom is -0.0366 e.